The van der Waals surface area contributed by atoms with E-state index in [0.717, 1.165) is 20.5 Å². The maximum atomic E-state index is 6.15. The van der Waals surface area contributed by atoms with Crippen molar-refractivity contribution in [3.05, 3.63) is 45.2 Å². The molecule has 1 aromatic carbocycles. The van der Waals surface area contributed by atoms with Crippen molar-refractivity contribution in [2.75, 3.05) is 5.73 Å². The normalized spacial score (nSPS) is 10.8. The van der Waals surface area contributed by atoms with Crippen molar-refractivity contribution in [3.8, 4) is 21.7 Å². The quantitative estimate of drug-likeness (QED) is 0.698. The number of aromatic nitrogens is 1. The number of rotatable bonds is 2. The summed E-state index contributed by atoms with van der Waals surface area (Å²) in [5.74, 6) is 0.293. The summed E-state index contributed by atoms with van der Waals surface area (Å²) in [6, 6.07) is 9.64. The molecule has 2 aromatic heterocycles. The second-order valence-corrected chi connectivity index (χ2v) is 6.11. The van der Waals surface area contributed by atoms with Gasteiger partial charge >= 0.3 is 0 Å². The van der Waals surface area contributed by atoms with Crippen LogP contribution in [0.25, 0.3) is 21.7 Å². The third kappa shape index (κ3) is 2.29. The first-order valence-electron chi connectivity index (χ1n) is 5.41. The molecular formula is C13H8BrClN2OS. The summed E-state index contributed by atoms with van der Waals surface area (Å²) >= 11 is 11.1. The molecule has 2 heterocycles. The zero-order valence-electron chi connectivity index (χ0n) is 9.56. The van der Waals surface area contributed by atoms with Crippen LogP contribution in [-0.2, 0) is 0 Å². The number of hydrogen-bond donors (Lipinski definition) is 1. The number of anilines is 1. The monoisotopic (exact) mass is 354 g/mol. The molecule has 3 rings (SSSR count). The average molecular weight is 356 g/mol. The first-order chi connectivity index (χ1) is 9.16. The lowest BCUT2D eigenvalue weighted by Crippen LogP contribution is -1.86. The lowest BCUT2D eigenvalue weighted by atomic mass is 10.1. The number of hydrogen-bond acceptors (Lipinski definition) is 4. The highest BCUT2D eigenvalue weighted by Gasteiger charge is 2.20. The summed E-state index contributed by atoms with van der Waals surface area (Å²) in [6.07, 6.45) is 0. The molecule has 0 fully saturated rings. The van der Waals surface area contributed by atoms with Crippen molar-refractivity contribution < 1.29 is 4.52 Å². The summed E-state index contributed by atoms with van der Waals surface area (Å²) in [4.78, 5) is 0.861. The number of nitrogens with zero attached hydrogens (tertiary/aromatic N) is 1. The topological polar surface area (TPSA) is 52.0 Å². The van der Waals surface area contributed by atoms with Crippen LogP contribution in [0.2, 0.25) is 5.02 Å². The van der Waals surface area contributed by atoms with Gasteiger partial charge in [0, 0.05) is 4.47 Å². The number of nitrogens with two attached hydrogens (primary N) is 1. The van der Waals surface area contributed by atoms with E-state index in [1.165, 1.54) is 11.3 Å². The van der Waals surface area contributed by atoms with Crippen molar-refractivity contribution in [3.63, 3.8) is 0 Å². The number of thiophene rings is 1. The van der Waals surface area contributed by atoms with Gasteiger partial charge in [0.1, 0.15) is 5.69 Å². The molecule has 19 heavy (non-hydrogen) atoms. The van der Waals surface area contributed by atoms with Crippen LogP contribution in [0.5, 0.6) is 0 Å². The highest BCUT2D eigenvalue weighted by Crippen LogP contribution is 2.41. The van der Waals surface area contributed by atoms with E-state index in [1.54, 1.807) is 0 Å². The third-order valence-electron chi connectivity index (χ3n) is 2.68. The van der Waals surface area contributed by atoms with E-state index in [4.69, 9.17) is 21.9 Å². The Morgan fingerprint density at radius 3 is 2.58 bits per heavy atom. The van der Waals surface area contributed by atoms with E-state index in [2.05, 4.69) is 21.1 Å². The van der Waals surface area contributed by atoms with E-state index in [1.807, 2.05) is 35.7 Å². The van der Waals surface area contributed by atoms with Gasteiger partial charge in [0.15, 0.2) is 0 Å². The van der Waals surface area contributed by atoms with Crippen LogP contribution in [0.1, 0.15) is 0 Å². The maximum absolute atomic E-state index is 6.15. The van der Waals surface area contributed by atoms with E-state index < -0.39 is 0 Å². The second kappa shape index (κ2) is 5.00. The first kappa shape index (κ1) is 12.7. The Bertz CT molecular complexity index is 721. The molecule has 0 atom stereocenters. The van der Waals surface area contributed by atoms with E-state index >= 15 is 0 Å². The molecule has 0 spiro atoms. The van der Waals surface area contributed by atoms with E-state index in [9.17, 15) is 0 Å². The van der Waals surface area contributed by atoms with Crippen molar-refractivity contribution in [1.29, 1.82) is 0 Å². The van der Waals surface area contributed by atoms with Crippen LogP contribution in [-0.4, -0.2) is 5.16 Å². The predicted octanol–water partition coefficient (Wildman–Crippen LogP) is 5.07. The van der Waals surface area contributed by atoms with Gasteiger partial charge in [0.25, 0.3) is 0 Å². The SMILES string of the molecule is Nc1onc(-c2sccc2Cl)c1-c1ccc(Br)cc1. The highest BCUT2D eigenvalue weighted by atomic mass is 79.9. The molecule has 0 aliphatic heterocycles. The van der Waals surface area contributed by atoms with Gasteiger partial charge in [-0.3, -0.25) is 0 Å². The highest BCUT2D eigenvalue weighted by molar-refractivity contribution is 9.10. The molecule has 2 N–H and O–H groups in total. The molecule has 3 nitrogen and oxygen atoms in total. The molecule has 0 aliphatic carbocycles. The Morgan fingerprint density at radius 2 is 1.95 bits per heavy atom. The van der Waals surface area contributed by atoms with E-state index in [-0.39, 0.29) is 0 Å². The fraction of sp³-hybridized carbons (Fsp3) is 0. The minimum absolute atomic E-state index is 0.293. The first-order valence-corrected chi connectivity index (χ1v) is 7.46. The number of halogens is 2. The molecule has 0 aliphatic rings. The maximum Gasteiger partial charge on any atom is 0.230 e. The Labute approximate surface area is 127 Å². The lowest BCUT2D eigenvalue weighted by Gasteiger charge is -2.02. The minimum atomic E-state index is 0.293. The molecule has 0 bridgehead atoms. The summed E-state index contributed by atoms with van der Waals surface area (Å²) in [7, 11) is 0. The average Bonchev–Trinajstić information content (AvgIpc) is 2.97. The van der Waals surface area contributed by atoms with Crippen LogP contribution in [0.4, 0.5) is 5.88 Å². The minimum Gasteiger partial charge on any atom is -0.367 e. The van der Waals surface area contributed by atoms with Crippen molar-refractivity contribution in [1.82, 2.24) is 5.16 Å². The smallest absolute Gasteiger partial charge is 0.230 e. The Morgan fingerprint density at radius 1 is 1.21 bits per heavy atom. The Hall–Kier alpha value is -1.30. The zero-order chi connectivity index (χ0) is 13.4. The van der Waals surface area contributed by atoms with Gasteiger partial charge in [-0.05, 0) is 29.1 Å². The van der Waals surface area contributed by atoms with Gasteiger partial charge in [-0.15, -0.1) is 11.3 Å². The van der Waals surface area contributed by atoms with E-state index in [0.29, 0.717) is 16.6 Å². The Kier molecular flexibility index (Phi) is 3.35. The lowest BCUT2D eigenvalue weighted by molar-refractivity contribution is 0.439. The summed E-state index contributed by atoms with van der Waals surface area (Å²) < 4.78 is 6.13. The Balaban J connectivity index is 2.19. The van der Waals surface area contributed by atoms with Crippen LogP contribution in [0.3, 0.4) is 0 Å². The van der Waals surface area contributed by atoms with Gasteiger partial charge in [-0.1, -0.05) is 44.8 Å². The van der Waals surface area contributed by atoms with Gasteiger partial charge in [0.2, 0.25) is 5.88 Å². The standard InChI is InChI=1S/C13H8BrClN2OS/c14-8-3-1-7(2-4-8)10-11(17-18-13(10)16)12-9(15)5-6-19-12/h1-6H,16H2. The van der Waals surface area contributed by atoms with Crippen LogP contribution >= 0.6 is 38.9 Å². The van der Waals surface area contributed by atoms with Crippen molar-refractivity contribution >= 4 is 44.8 Å². The molecular weight excluding hydrogens is 348 g/mol. The second-order valence-electron chi connectivity index (χ2n) is 3.87. The third-order valence-corrected chi connectivity index (χ3v) is 4.56. The van der Waals surface area contributed by atoms with Gasteiger partial charge in [0.05, 0.1) is 15.5 Å². The van der Waals surface area contributed by atoms with Gasteiger partial charge in [-0.25, -0.2) is 0 Å². The molecule has 96 valence electrons. The van der Waals surface area contributed by atoms with Crippen molar-refractivity contribution in [2.45, 2.75) is 0 Å². The zero-order valence-corrected chi connectivity index (χ0v) is 12.7. The fourth-order valence-electron chi connectivity index (χ4n) is 1.82. The van der Waals surface area contributed by atoms with Gasteiger partial charge in [-0.2, -0.15) is 0 Å². The molecule has 0 unspecified atom stereocenters. The number of benzene rings is 1. The molecule has 0 radical (unpaired) electrons. The van der Waals surface area contributed by atoms with Crippen LogP contribution in [0, 0.1) is 0 Å². The van der Waals surface area contributed by atoms with Crippen LogP contribution in [0.15, 0.2) is 44.7 Å². The molecule has 6 heteroatoms. The molecule has 0 saturated heterocycles. The summed E-state index contributed by atoms with van der Waals surface area (Å²) in [5, 5.41) is 6.59. The fourth-order valence-corrected chi connectivity index (χ4v) is 3.21. The largest absolute Gasteiger partial charge is 0.367 e. The molecule has 0 amide bonds. The van der Waals surface area contributed by atoms with Crippen molar-refractivity contribution in [2.24, 2.45) is 0 Å². The summed E-state index contributed by atoms with van der Waals surface area (Å²) in [5.41, 5.74) is 8.29. The van der Waals surface area contributed by atoms with Gasteiger partial charge < -0.3 is 10.3 Å². The summed E-state index contributed by atoms with van der Waals surface area (Å²) in [6.45, 7) is 0. The number of nitrogen functional groups attached to an aromatic ring is 1. The molecule has 3 aromatic rings. The predicted molar refractivity (Wildman–Crippen MR) is 82.4 cm³/mol. The molecule has 0 saturated carbocycles. The van der Waals surface area contributed by atoms with Crippen LogP contribution < -0.4 is 5.73 Å².